The van der Waals surface area contributed by atoms with Crippen molar-refractivity contribution in [3.63, 3.8) is 0 Å². The van der Waals surface area contributed by atoms with Crippen molar-refractivity contribution >= 4 is 28.9 Å². The number of nitrogens with one attached hydrogen (secondary N) is 1. The molecule has 0 fully saturated rings. The molecule has 0 spiro atoms. The number of carbonyl (C=O) groups is 1. The molecule has 0 radical (unpaired) electrons. The van der Waals surface area contributed by atoms with Crippen LogP contribution in [0.2, 0.25) is 5.02 Å². The summed E-state index contributed by atoms with van der Waals surface area (Å²) in [5, 5.41) is 14.2. The number of benzene rings is 2. The van der Waals surface area contributed by atoms with E-state index in [4.69, 9.17) is 21.1 Å². The first-order valence-electron chi connectivity index (χ1n) is 7.50. The van der Waals surface area contributed by atoms with Gasteiger partial charge >= 0.3 is 0 Å². The molecule has 0 aromatic heterocycles. The minimum Gasteiger partial charge on any atom is -0.496 e. The zero-order valence-electron chi connectivity index (χ0n) is 13.5. The largest absolute Gasteiger partial charge is 0.496 e. The molecule has 0 atom stereocenters. The third-order valence-electron chi connectivity index (χ3n) is 3.31. The van der Waals surface area contributed by atoms with Crippen LogP contribution in [0.15, 0.2) is 42.5 Å². The first kappa shape index (κ1) is 18.5. The number of halogens is 1. The van der Waals surface area contributed by atoms with Crippen molar-refractivity contribution in [2.24, 2.45) is 0 Å². The molecule has 8 heteroatoms. The Labute approximate surface area is 149 Å². The fraction of sp³-hybridized carbons (Fsp3) is 0.235. The normalized spacial score (nSPS) is 10.2. The molecular formula is C17H17ClN2O5. The number of nitro benzene ring substituents is 1. The second-order valence-electron chi connectivity index (χ2n) is 5.09. The van der Waals surface area contributed by atoms with Gasteiger partial charge in [0.25, 0.3) is 5.69 Å². The SMILES string of the molecule is COc1ccc(NC(=O)CCCOc2ccc(Cl)cc2)c([N+](=O)[O-])c1. The molecule has 0 aliphatic heterocycles. The molecule has 0 aliphatic carbocycles. The predicted molar refractivity (Wildman–Crippen MR) is 94.5 cm³/mol. The van der Waals surface area contributed by atoms with Gasteiger partial charge in [0.05, 0.1) is 24.7 Å². The van der Waals surface area contributed by atoms with Crippen molar-refractivity contribution in [2.45, 2.75) is 12.8 Å². The highest BCUT2D eigenvalue weighted by Gasteiger charge is 2.17. The molecule has 1 N–H and O–H groups in total. The molecule has 2 rings (SSSR count). The first-order chi connectivity index (χ1) is 12.0. The van der Waals surface area contributed by atoms with Crippen molar-refractivity contribution in [2.75, 3.05) is 19.0 Å². The van der Waals surface area contributed by atoms with Crippen LogP contribution in [0.4, 0.5) is 11.4 Å². The summed E-state index contributed by atoms with van der Waals surface area (Å²) in [6.07, 6.45) is 0.648. The third kappa shape index (κ3) is 5.65. The molecule has 7 nitrogen and oxygen atoms in total. The maximum atomic E-state index is 12.0. The minimum absolute atomic E-state index is 0.134. The number of rotatable bonds is 8. The van der Waals surface area contributed by atoms with Gasteiger partial charge in [0.1, 0.15) is 17.2 Å². The third-order valence-corrected chi connectivity index (χ3v) is 3.56. The predicted octanol–water partition coefficient (Wildman–Crippen LogP) is 4.05. The Morgan fingerprint density at radius 1 is 1.20 bits per heavy atom. The van der Waals surface area contributed by atoms with Gasteiger partial charge in [0, 0.05) is 11.4 Å². The second kappa shape index (κ2) is 8.89. The molecule has 1 amide bonds. The molecule has 0 aliphatic rings. The van der Waals surface area contributed by atoms with E-state index in [2.05, 4.69) is 5.32 Å². The molecular weight excluding hydrogens is 348 g/mol. The van der Waals surface area contributed by atoms with Crippen molar-refractivity contribution in [1.29, 1.82) is 0 Å². The molecule has 0 unspecified atom stereocenters. The number of hydrogen-bond acceptors (Lipinski definition) is 5. The van der Waals surface area contributed by atoms with Crippen molar-refractivity contribution in [1.82, 2.24) is 0 Å². The molecule has 0 saturated carbocycles. The van der Waals surface area contributed by atoms with Crippen LogP contribution in [0.3, 0.4) is 0 Å². The topological polar surface area (TPSA) is 90.7 Å². The van der Waals surface area contributed by atoms with Crippen LogP contribution < -0.4 is 14.8 Å². The van der Waals surface area contributed by atoms with E-state index in [1.54, 1.807) is 30.3 Å². The van der Waals surface area contributed by atoms with Gasteiger partial charge in [0.2, 0.25) is 5.91 Å². The molecule has 132 valence electrons. The Bertz CT molecular complexity index is 749. The number of hydrogen-bond donors (Lipinski definition) is 1. The number of nitro groups is 1. The quantitative estimate of drug-likeness (QED) is 0.433. The lowest BCUT2D eigenvalue weighted by atomic mass is 10.2. The lowest BCUT2D eigenvalue weighted by molar-refractivity contribution is -0.384. The lowest BCUT2D eigenvalue weighted by Crippen LogP contribution is -2.14. The van der Waals surface area contributed by atoms with Gasteiger partial charge in [-0.05, 0) is 42.8 Å². The molecule has 2 aromatic carbocycles. The summed E-state index contributed by atoms with van der Waals surface area (Å²) in [4.78, 5) is 22.5. The Morgan fingerprint density at radius 2 is 1.88 bits per heavy atom. The number of anilines is 1. The first-order valence-corrected chi connectivity index (χ1v) is 7.88. The van der Waals surface area contributed by atoms with Crippen molar-refractivity contribution in [3.8, 4) is 11.5 Å². The second-order valence-corrected chi connectivity index (χ2v) is 5.53. The van der Waals surface area contributed by atoms with Gasteiger partial charge in [-0.25, -0.2) is 0 Å². The molecule has 25 heavy (non-hydrogen) atoms. The van der Waals surface area contributed by atoms with Crippen molar-refractivity contribution in [3.05, 3.63) is 57.6 Å². The van der Waals surface area contributed by atoms with E-state index >= 15 is 0 Å². The number of carbonyl (C=O) groups excluding carboxylic acids is 1. The fourth-order valence-electron chi connectivity index (χ4n) is 2.06. The summed E-state index contributed by atoms with van der Waals surface area (Å²) < 4.78 is 10.4. The van der Waals surface area contributed by atoms with E-state index in [0.29, 0.717) is 29.5 Å². The Hall–Kier alpha value is -2.80. The van der Waals surface area contributed by atoms with E-state index in [9.17, 15) is 14.9 Å². The standard InChI is InChI=1S/C17H17ClN2O5/c1-24-14-8-9-15(16(11-14)20(22)23)19-17(21)3-2-10-25-13-6-4-12(18)5-7-13/h4-9,11H,2-3,10H2,1H3,(H,19,21). The lowest BCUT2D eigenvalue weighted by Gasteiger charge is -2.08. The minimum atomic E-state index is -0.568. The maximum Gasteiger partial charge on any atom is 0.296 e. The average molecular weight is 365 g/mol. The van der Waals surface area contributed by atoms with Gasteiger partial charge in [-0.1, -0.05) is 11.6 Å². The van der Waals surface area contributed by atoms with Crippen LogP contribution in [-0.4, -0.2) is 24.5 Å². The average Bonchev–Trinajstić information content (AvgIpc) is 2.60. The van der Waals surface area contributed by atoms with Gasteiger partial charge in [0.15, 0.2) is 0 Å². The smallest absolute Gasteiger partial charge is 0.296 e. The van der Waals surface area contributed by atoms with Crippen LogP contribution in [0.25, 0.3) is 0 Å². The monoisotopic (exact) mass is 364 g/mol. The van der Waals surface area contributed by atoms with E-state index < -0.39 is 4.92 Å². The van der Waals surface area contributed by atoms with Gasteiger partial charge in [-0.3, -0.25) is 14.9 Å². The number of ether oxygens (including phenoxy) is 2. The van der Waals surface area contributed by atoms with E-state index in [0.717, 1.165) is 0 Å². The number of amides is 1. The van der Waals surface area contributed by atoms with E-state index in [1.165, 1.54) is 19.2 Å². The summed E-state index contributed by atoms with van der Waals surface area (Å²) in [6, 6.07) is 11.2. The van der Waals surface area contributed by atoms with Crippen LogP contribution in [0.5, 0.6) is 11.5 Å². The van der Waals surface area contributed by atoms with Crippen LogP contribution >= 0.6 is 11.6 Å². The summed E-state index contributed by atoms with van der Waals surface area (Å²) in [7, 11) is 1.41. The highest BCUT2D eigenvalue weighted by atomic mass is 35.5. The molecule has 2 aromatic rings. The zero-order valence-corrected chi connectivity index (χ0v) is 14.3. The van der Waals surface area contributed by atoms with Gasteiger partial charge in [-0.15, -0.1) is 0 Å². The Morgan fingerprint density at radius 3 is 2.52 bits per heavy atom. The van der Waals surface area contributed by atoms with E-state index in [1.807, 2.05) is 0 Å². The van der Waals surface area contributed by atoms with Crippen LogP contribution in [0, 0.1) is 10.1 Å². The molecule has 0 saturated heterocycles. The Kier molecular flexibility index (Phi) is 6.59. The fourth-order valence-corrected chi connectivity index (χ4v) is 2.19. The van der Waals surface area contributed by atoms with Gasteiger partial charge < -0.3 is 14.8 Å². The summed E-state index contributed by atoms with van der Waals surface area (Å²) >= 11 is 5.78. The Balaban J connectivity index is 1.84. The number of methoxy groups -OCH3 is 1. The summed E-state index contributed by atoms with van der Waals surface area (Å²) in [5.74, 6) is 0.685. The summed E-state index contributed by atoms with van der Waals surface area (Å²) in [6.45, 7) is 0.347. The van der Waals surface area contributed by atoms with Crippen LogP contribution in [0.1, 0.15) is 12.8 Å². The highest BCUT2D eigenvalue weighted by molar-refractivity contribution is 6.30. The number of nitrogens with zero attached hydrogens (tertiary/aromatic N) is 1. The van der Waals surface area contributed by atoms with Crippen molar-refractivity contribution < 1.29 is 19.2 Å². The maximum absolute atomic E-state index is 12.0. The van der Waals surface area contributed by atoms with E-state index in [-0.39, 0.29) is 23.7 Å². The summed E-state index contributed by atoms with van der Waals surface area (Å²) in [5.41, 5.74) is -0.0838. The zero-order chi connectivity index (χ0) is 18.2. The molecule has 0 bridgehead atoms. The molecule has 0 heterocycles. The van der Waals surface area contributed by atoms with Crippen LogP contribution in [-0.2, 0) is 4.79 Å². The highest BCUT2D eigenvalue weighted by Crippen LogP contribution is 2.29. The van der Waals surface area contributed by atoms with Gasteiger partial charge in [-0.2, -0.15) is 0 Å².